The van der Waals surface area contributed by atoms with Gasteiger partial charge in [0.25, 0.3) is 0 Å². The van der Waals surface area contributed by atoms with E-state index >= 15 is 0 Å². The second-order valence-corrected chi connectivity index (χ2v) is 6.77. The predicted molar refractivity (Wildman–Crippen MR) is 101 cm³/mol. The summed E-state index contributed by atoms with van der Waals surface area (Å²) in [6.45, 7) is -0.218. The molecule has 28 heavy (non-hydrogen) atoms. The summed E-state index contributed by atoms with van der Waals surface area (Å²) >= 11 is 0. The van der Waals surface area contributed by atoms with Crippen LogP contribution >= 0.6 is 0 Å². The van der Waals surface area contributed by atoms with Crippen molar-refractivity contribution >= 4 is 22.4 Å². The fraction of sp³-hybridized carbons (Fsp3) is 0.190. The van der Waals surface area contributed by atoms with Gasteiger partial charge in [0.05, 0.1) is 18.8 Å². The molecular formula is C21H17NO6. The molecule has 0 atom stereocenters. The van der Waals surface area contributed by atoms with E-state index in [1.165, 1.54) is 0 Å². The number of aliphatic hydroxyl groups is 2. The van der Waals surface area contributed by atoms with Crippen molar-refractivity contribution in [2.45, 2.75) is 19.8 Å². The molecule has 0 unspecified atom stereocenters. The molecular weight excluding hydrogens is 362 g/mol. The van der Waals surface area contributed by atoms with Crippen LogP contribution < -0.4 is 15.2 Å². The number of esters is 1. The SMILES string of the molecule is Nc1c2c(c(-c3ccc4c(c3)OCO4)c3cc(CO)c(CO)cc13)C(=O)OC2. The van der Waals surface area contributed by atoms with E-state index < -0.39 is 5.97 Å². The van der Waals surface area contributed by atoms with Crippen molar-refractivity contribution in [3.8, 4) is 22.6 Å². The topological polar surface area (TPSA) is 111 Å². The molecule has 0 radical (unpaired) electrons. The summed E-state index contributed by atoms with van der Waals surface area (Å²) < 4.78 is 16.1. The van der Waals surface area contributed by atoms with E-state index in [-0.39, 0.29) is 26.6 Å². The summed E-state index contributed by atoms with van der Waals surface area (Å²) in [5.74, 6) is 0.798. The van der Waals surface area contributed by atoms with Gasteiger partial charge in [-0.3, -0.25) is 0 Å². The van der Waals surface area contributed by atoms with Gasteiger partial charge in [-0.25, -0.2) is 4.79 Å². The maximum Gasteiger partial charge on any atom is 0.339 e. The lowest BCUT2D eigenvalue weighted by molar-refractivity contribution is 0.0536. The number of nitrogens with two attached hydrogens (primary N) is 1. The van der Waals surface area contributed by atoms with Crippen molar-refractivity contribution in [1.82, 2.24) is 0 Å². The van der Waals surface area contributed by atoms with Crippen molar-refractivity contribution in [3.05, 3.63) is 52.6 Å². The first kappa shape index (κ1) is 16.9. The van der Waals surface area contributed by atoms with Crippen molar-refractivity contribution < 1.29 is 29.2 Å². The summed E-state index contributed by atoms with van der Waals surface area (Å²) in [7, 11) is 0. The smallest absolute Gasteiger partial charge is 0.339 e. The third-order valence-corrected chi connectivity index (χ3v) is 5.33. The first-order chi connectivity index (χ1) is 13.6. The average molecular weight is 379 g/mol. The zero-order chi connectivity index (χ0) is 19.4. The molecule has 0 saturated carbocycles. The van der Waals surface area contributed by atoms with Crippen molar-refractivity contribution in [2.75, 3.05) is 12.5 Å². The summed E-state index contributed by atoms with van der Waals surface area (Å²) in [6, 6.07) is 8.99. The lowest BCUT2D eigenvalue weighted by Gasteiger charge is -2.17. The van der Waals surface area contributed by atoms with Crippen LogP contribution in [0.25, 0.3) is 21.9 Å². The molecule has 0 fully saturated rings. The maximum absolute atomic E-state index is 12.5. The molecule has 0 amide bonds. The largest absolute Gasteiger partial charge is 0.457 e. The molecule has 2 heterocycles. The Hall–Kier alpha value is -3.29. The Balaban J connectivity index is 1.90. The van der Waals surface area contributed by atoms with E-state index in [4.69, 9.17) is 19.9 Å². The number of carbonyl (C=O) groups excluding carboxylic acids is 1. The highest BCUT2D eigenvalue weighted by molar-refractivity contribution is 6.15. The number of hydrogen-bond donors (Lipinski definition) is 3. The van der Waals surface area contributed by atoms with Gasteiger partial charge < -0.3 is 30.2 Å². The Morgan fingerprint density at radius 2 is 1.61 bits per heavy atom. The lowest BCUT2D eigenvalue weighted by atomic mass is 9.87. The molecule has 2 aliphatic rings. The van der Waals surface area contributed by atoms with Crippen molar-refractivity contribution in [3.63, 3.8) is 0 Å². The first-order valence-electron chi connectivity index (χ1n) is 8.81. The number of anilines is 1. The molecule has 0 saturated heterocycles. The quantitative estimate of drug-likeness (QED) is 0.473. The molecule has 0 aromatic heterocycles. The van der Waals surface area contributed by atoms with Gasteiger partial charge in [0, 0.05) is 22.2 Å². The van der Waals surface area contributed by atoms with Crippen LogP contribution in [0.5, 0.6) is 11.5 Å². The molecule has 7 heteroatoms. The van der Waals surface area contributed by atoms with E-state index in [2.05, 4.69) is 0 Å². The highest BCUT2D eigenvalue weighted by atomic mass is 16.7. The number of nitrogen functional groups attached to an aromatic ring is 1. The maximum atomic E-state index is 12.5. The first-order valence-corrected chi connectivity index (χ1v) is 8.81. The summed E-state index contributed by atoms with van der Waals surface area (Å²) in [4.78, 5) is 12.5. The third kappa shape index (κ3) is 2.27. The molecule has 4 N–H and O–H groups in total. The van der Waals surface area contributed by atoms with E-state index in [1.807, 2.05) is 12.1 Å². The van der Waals surface area contributed by atoms with Gasteiger partial charge in [-0.1, -0.05) is 6.07 Å². The second kappa shape index (κ2) is 6.12. The van der Waals surface area contributed by atoms with E-state index in [1.54, 1.807) is 18.2 Å². The van der Waals surface area contributed by atoms with Gasteiger partial charge in [-0.2, -0.15) is 0 Å². The van der Waals surface area contributed by atoms with Gasteiger partial charge in [0.15, 0.2) is 11.5 Å². The Kier molecular flexibility index (Phi) is 3.68. The third-order valence-electron chi connectivity index (χ3n) is 5.33. The Morgan fingerprint density at radius 3 is 2.36 bits per heavy atom. The zero-order valence-electron chi connectivity index (χ0n) is 14.8. The van der Waals surface area contributed by atoms with Gasteiger partial charge >= 0.3 is 5.97 Å². The summed E-state index contributed by atoms with van der Waals surface area (Å²) in [6.07, 6.45) is 0. The monoisotopic (exact) mass is 379 g/mol. The number of carbonyl (C=O) groups is 1. The Morgan fingerprint density at radius 1 is 0.893 bits per heavy atom. The van der Waals surface area contributed by atoms with Crippen LogP contribution in [-0.4, -0.2) is 23.0 Å². The molecule has 3 aromatic carbocycles. The number of rotatable bonds is 3. The standard InChI is InChI=1S/C21H17NO6/c22-20-14-4-12(7-24)11(6-23)3-13(14)18(19-15(20)8-26-21(19)25)10-1-2-16-17(5-10)28-9-27-16/h1-5,23-24H,6-9,22H2. The number of cyclic esters (lactones) is 1. The van der Waals surface area contributed by atoms with Crippen LogP contribution in [0.3, 0.4) is 0 Å². The number of hydrogen-bond acceptors (Lipinski definition) is 7. The van der Waals surface area contributed by atoms with Crippen LogP contribution in [0.15, 0.2) is 30.3 Å². The molecule has 142 valence electrons. The molecule has 5 rings (SSSR count). The number of aliphatic hydroxyl groups excluding tert-OH is 2. The Bertz CT molecular complexity index is 1150. The van der Waals surface area contributed by atoms with E-state index in [9.17, 15) is 15.0 Å². The van der Waals surface area contributed by atoms with Crippen LogP contribution in [0.1, 0.15) is 27.0 Å². The fourth-order valence-electron chi connectivity index (χ4n) is 3.93. The van der Waals surface area contributed by atoms with E-state index in [0.717, 1.165) is 5.56 Å². The van der Waals surface area contributed by atoms with Crippen LogP contribution in [0.2, 0.25) is 0 Å². The summed E-state index contributed by atoms with van der Waals surface area (Å²) in [5.41, 5.74) is 10.4. The molecule has 3 aromatic rings. The van der Waals surface area contributed by atoms with Crippen molar-refractivity contribution in [1.29, 1.82) is 0 Å². The molecule has 2 aliphatic heterocycles. The highest BCUT2D eigenvalue weighted by Gasteiger charge is 2.31. The highest BCUT2D eigenvalue weighted by Crippen LogP contribution is 2.45. The minimum atomic E-state index is -0.437. The lowest BCUT2D eigenvalue weighted by Crippen LogP contribution is -2.04. The number of benzene rings is 3. The van der Waals surface area contributed by atoms with Crippen LogP contribution in [-0.2, 0) is 24.6 Å². The predicted octanol–water partition coefficient (Wildman–Crippen LogP) is 2.47. The van der Waals surface area contributed by atoms with E-state index in [0.29, 0.717) is 55.8 Å². The van der Waals surface area contributed by atoms with Gasteiger partial charge in [0.1, 0.15) is 6.61 Å². The minimum Gasteiger partial charge on any atom is -0.457 e. The molecule has 0 aliphatic carbocycles. The van der Waals surface area contributed by atoms with Crippen LogP contribution in [0, 0.1) is 0 Å². The second-order valence-electron chi connectivity index (χ2n) is 6.77. The summed E-state index contributed by atoms with van der Waals surface area (Å²) in [5, 5.41) is 20.8. The van der Waals surface area contributed by atoms with Crippen molar-refractivity contribution in [2.24, 2.45) is 0 Å². The minimum absolute atomic E-state index is 0.101. The van der Waals surface area contributed by atoms with Gasteiger partial charge in [-0.15, -0.1) is 0 Å². The Labute approximate surface area is 159 Å². The normalized spacial score (nSPS) is 14.4. The zero-order valence-corrected chi connectivity index (χ0v) is 14.8. The average Bonchev–Trinajstić information content (AvgIpc) is 3.34. The van der Waals surface area contributed by atoms with Crippen LogP contribution in [0.4, 0.5) is 5.69 Å². The fourth-order valence-corrected chi connectivity index (χ4v) is 3.93. The van der Waals surface area contributed by atoms with Gasteiger partial charge in [0.2, 0.25) is 6.79 Å². The number of ether oxygens (including phenoxy) is 3. The molecule has 7 nitrogen and oxygen atoms in total. The van der Waals surface area contributed by atoms with Gasteiger partial charge in [-0.05, 0) is 46.3 Å². The molecule has 0 bridgehead atoms. The molecule has 0 spiro atoms. The number of fused-ring (bicyclic) bond motifs is 3.